The van der Waals surface area contributed by atoms with Crippen LogP contribution in [-0.2, 0) is 9.59 Å². The first-order valence-electron chi connectivity index (χ1n) is 6.29. The third-order valence-electron chi connectivity index (χ3n) is 2.98. The van der Waals surface area contributed by atoms with Crippen molar-refractivity contribution in [3.63, 3.8) is 0 Å². The van der Waals surface area contributed by atoms with Gasteiger partial charge in [-0.3, -0.25) is 9.59 Å². The van der Waals surface area contributed by atoms with Gasteiger partial charge in [0.2, 0.25) is 11.8 Å². The van der Waals surface area contributed by atoms with Gasteiger partial charge in [-0.15, -0.1) is 0 Å². The molecule has 0 spiro atoms. The van der Waals surface area contributed by atoms with Crippen LogP contribution in [0.2, 0.25) is 0 Å². The Balaban J connectivity index is 2.32. The quantitative estimate of drug-likeness (QED) is 0.680. The predicted molar refractivity (Wildman–Crippen MR) is 64.4 cm³/mol. The van der Waals surface area contributed by atoms with Gasteiger partial charge < -0.3 is 15.3 Å². The summed E-state index contributed by atoms with van der Waals surface area (Å²) in [6.45, 7) is 3.05. The maximum atomic E-state index is 11.8. The van der Waals surface area contributed by atoms with Crippen LogP contribution in [0.25, 0.3) is 0 Å². The van der Waals surface area contributed by atoms with Crippen molar-refractivity contribution in [1.29, 1.82) is 0 Å². The van der Waals surface area contributed by atoms with E-state index in [1.807, 2.05) is 4.90 Å². The van der Waals surface area contributed by atoms with Crippen molar-refractivity contribution in [2.24, 2.45) is 0 Å². The highest BCUT2D eigenvalue weighted by Gasteiger charge is 2.23. The molecule has 2 N–H and O–H groups in total. The summed E-state index contributed by atoms with van der Waals surface area (Å²) in [4.78, 5) is 24.6. The van der Waals surface area contributed by atoms with E-state index in [4.69, 9.17) is 5.11 Å². The molecule has 0 aromatic rings. The monoisotopic (exact) mass is 242 g/mol. The van der Waals surface area contributed by atoms with Crippen molar-refractivity contribution in [3.05, 3.63) is 0 Å². The van der Waals surface area contributed by atoms with Crippen molar-refractivity contribution in [2.75, 3.05) is 19.7 Å². The lowest BCUT2D eigenvalue weighted by Crippen LogP contribution is -2.49. The maximum absolute atomic E-state index is 11.8. The fourth-order valence-electron chi connectivity index (χ4n) is 2.16. The van der Waals surface area contributed by atoms with Crippen LogP contribution in [0.4, 0.5) is 0 Å². The van der Waals surface area contributed by atoms with E-state index in [2.05, 4.69) is 5.32 Å². The molecule has 2 amide bonds. The number of hydrogen-bond acceptors (Lipinski definition) is 3. The highest BCUT2D eigenvalue weighted by atomic mass is 16.3. The maximum Gasteiger partial charge on any atom is 0.222 e. The molecule has 5 nitrogen and oxygen atoms in total. The number of nitrogens with one attached hydrogen (secondary N) is 1. The molecule has 5 heteroatoms. The first-order chi connectivity index (χ1) is 8.13. The molecule has 17 heavy (non-hydrogen) atoms. The molecular weight excluding hydrogens is 220 g/mol. The summed E-state index contributed by atoms with van der Waals surface area (Å²) in [5.41, 5.74) is 0. The topological polar surface area (TPSA) is 69.6 Å². The molecule has 1 heterocycles. The van der Waals surface area contributed by atoms with Crippen LogP contribution >= 0.6 is 0 Å². The molecular formula is C12H22N2O3. The van der Waals surface area contributed by atoms with E-state index in [-0.39, 0.29) is 24.5 Å². The average molecular weight is 242 g/mol. The Morgan fingerprint density at radius 3 is 2.82 bits per heavy atom. The number of piperidine rings is 1. The Morgan fingerprint density at radius 1 is 1.41 bits per heavy atom. The molecule has 0 saturated carbocycles. The highest BCUT2D eigenvalue weighted by molar-refractivity contribution is 5.76. The van der Waals surface area contributed by atoms with Crippen LogP contribution in [0.15, 0.2) is 0 Å². The predicted octanol–water partition coefficient (Wildman–Crippen LogP) is 0.276. The molecule has 0 bridgehead atoms. The van der Waals surface area contributed by atoms with Gasteiger partial charge in [-0.1, -0.05) is 0 Å². The summed E-state index contributed by atoms with van der Waals surface area (Å²) < 4.78 is 0. The van der Waals surface area contributed by atoms with Crippen LogP contribution < -0.4 is 5.32 Å². The molecule has 1 unspecified atom stereocenters. The third kappa shape index (κ3) is 5.17. The van der Waals surface area contributed by atoms with Gasteiger partial charge in [0.25, 0.3) is 0 Å². The first-order valence-corrected chi connectivity index (χ1v) is 6.29. The molecule has 0 aromatic heterocycles. The standard InChI is InChI=1S/C12H22N2O3/c1-10(16)13-11-5-4-7-14(9-11)12(17)6-2-3-8-15/h11,15H,2-9H2,1H3,(H,13,16). The van der Waals surface area contributed by atoms with Gasteiger partial charge >= 0.3 is 0 Å². The molecule has 1 aliphatic heterocycles. The van der Waals surface area contributed by atoms with E-state index in [9.17, 15) is 9.59 Å². The lowest BCUT2D eigenvalue weighted by atomic mass is 10.0. The third-order valence-corrected chi connectivity index (χ3v) is 2.98. The molecule has 1 aliphatic rings. The second-order valence-corrected chi connectivity index (χ2v) is 4.56. The number of amides is 2. The zero-order chi connectivity index (χ0) is 12.7. The zero-order valence-corrected chi connectivity index (χ0v) is 10.4. The summed E-state index contributed by atoms with van der Waals surface area (Å²) in [6, 6.07) is 0.100. The normalized spacial score (nSPS) is 20.1. The van der Waals surface area contributed by atoms with E-state index in [0.717, 1.165) is 25.8 Å². The van der Waals surface area contributed by atoms with E-state index in [0.29, 0.717) is 19.4 Å². The summed E-state index contributed by atoms with van der Waals surface area (Å²) in [5.74, 6) is 0.0954. The van der Waals surface area contributed by atoms with Crippen molar-refractivity contribution in [1.82, 2.24) is 10.2 Å². The lowest BCUT2D eigenvalue weighted by Gasteiger charge is -2.33. The van der Waals surface area contributed by atoms with Crippen molar-refractivity contribution in [2.45, 2.75) is 45.1 Å². The van der Waals surface area contributed by atoms with Crippen molar-refractivity contribution >= 4 is 11.8 Å². The van der Waals surface area contributed by atoms with Gasteiger partial charge in [-0.05, 0) is 25.7 Å². The summed E-state index contributed by atoms with van der Waals surface area (Å²) in [6.07, 6.45) is 3.79. The second-order valence-electron chi connectivity index (χ2n) is 4.56. The van der Waals surface area contributed by atoms with Gasteiger partial charge in [0.05, 0.1) is 0 Å². The van der Waals surface area contributed by atoms with Crippen LogP contribution in [-0.4, -0.2) is 47.6 Å². The summed E-state index contributed by atoms with van der Waals surface area (Å²) in [5, 5.41) is 11.5. The minimum atomic E-state index is -0.0374. The van der Waals surface area contributed by atoms with Gasteiger partial charge in [-0.2, -0.15) is 0 Å². The summed E-state index contributed by atoms with van der Waals surface area (Å²) >= 11 is 0. The average Bonchev–Trinajstić information content (AvgIpc) is 2.28. The smallest absolute Gasteiger partial charge is 0.222 e. The number of likely N-dealkylation sites (tertiary alicyclic amines) is 1. The van der Waals surface area contributed by atoms with Crippen LogP contribution in [0, 0.1) is 0 Å². The fraction of sp³-hybridized carbons (Fsp3) is 0.833. The lowest BCUT2D eigenvalue weighted by molar-refractivity contribution is -0.133. The van der Waals surface area contributed by atoms with Gasteiger partial charge in [-0.25, -0.2) is 0 Å². The largest absolute Gasteiger partial charge is 0.396 e. The van der Waals surface area contributed by atoms with E-state index in [1.54, 1.807) is 0 Å². The molecule has 0 aliphatic carbocycles. The first kappa shape index (κ1) is 14.0. The Bertz CT molecular complexity index is 268. The Hall–Kier alpha value is -1.10. The molecule has 1 fully saturated rings. The molecule has 0 radical (unpaired) electrons. The van der Waals surface area contributed by atoms with Crippen molar-refractivity contribution in [3.8, 4) is 0 Å². The molecule has 1 rings (SSSR count). The zero-order valence-electron chi connectivity index (χ0n) is 10.4. The Morgan fingerprint density at radius 2 is 2.18 bits per heavy atom. The van der Waals surface area contributed by atoms with Gasteiger partial charge in [0, 0.05) is 39.1 Å². The molecule has 0 aromatic carbocycles. The van der Waals surface area contributed by atoms with E-state index < -0.39 is 0 Å². The van der Waals surface area contributed by atoms with Crippen molar-refractivity contribution < 1.29 is 14.7 Å². The number of aliphatic hydroxyl groups excluding tert-OH is 1. The molecule has 1 atom stereocenters. The number of hydrogen-bond donors (Lipinski definition) is 2. The number of rotatable bonds is 5. The number of carbonyl (C=O) groups is 2. The number of unbranched alkanes of at least 4 members (excludes halogenated alkanes) is 1. The summed E-state index contributed by atoms with van der Waals surface area (Å²) in [7, 11) is 0. The van der Waals surface area contributed by atoms with E-state index >= 15 is 0 Å². The second kappa shape index (κ2) is 7.27. The Labute approximate surface area is 102 Å². The minimum absolute atomic E-state index is 0.0374. The number of aliphatic hydroxyl groups is 1. The number of carbonyl (C=O) groups excluding carboxylic acids is 2. The van der Waals surface area contributed by atoms with Crippen LogP contribution in [0.5, 0.6) is 0 Å². The SMILES string of the molecule is CC(=O)NC1CCCN(C(=O)CCCCO)C1. The highest BCUT2D eigenvalue weighted by Crippen LogP contribution is 2.12. The van der Waals surface area contributed by atoms with E-state index in [1.165, 1.54) is 6.92 Å². The van der Waals surface area contributed by atoms with Gasteiger partial charge in [0.1, 0.15) is 0 Å². The Kier molecular flexibility index (Phi) is 5.97. The van der Waals surface area contributed by atoms with Crippen LogP contribution in [0.1, 0.15) is 39.0 Å². The van der Waals surface area contributed by atoms with Gasteiger partial charge in [0.15, 0.2) is 0 Å². The molecule has 98 valence electrons. The minimum Gasteiger partial charge on any atom is -0.396 e. The number of nitrogens with zero attached hydrogens (tertiary/aromatic N) is 1. The molecule has 1 saturated heterocycles. The fourth-order valence-corrected chi connectivity index (χ4v) is 2.16. The van der Waals surface area contributed by atoms with Crippen LogP contribution in [0.3, 0.4) is 0 Å².